The monoisotopic (exact) mass is 314 g/mol. The van der Waals surface area contributed by atoms with Crippen LogP contribution in [0, 0.1) is 5.82 Å². The van der Waals surface area contributed by atoms with Crippen molar-refractivity contribution in [1.29, 1.82) is 0 Å². The summed E-state index contributed by atoms with van der Waals surface area (Å²) in [4.78, 5) is 23.5. The van der Waals surface area contributed by atoms with E-state index < -0.39 is 0 Å². The van der Waals surface area contributed by atoms with Gasteiger partial charge in [0.1, 0.15) is 5.82 Å². The summed E-state index contributed by atoms with van der Waals surface area (Å²) < 4.78 is 13.0. The molecule has 23 heavy (non-hydrogen) atoms. The quantitative estimate of drug-likeness (QED) is 0.861. The molecule has 0 aliphatic rings. The molecular weight excluding hydrogens is 295 g/mol. The Labute approximate surface area is 134 Å². The lowest BCUT2D eigenvalue weighted by molar-refractivity contribution is -0.123. The van der Waals surface area contributed by atoms with Gasteiger partial charge < -0.3 is 10.6 Å². The zero-order valence-electron chi connectivity index (χ0n) is 12.9. The van der Waals surface area contributed by atoms with E-state index in [9.17, 15) is 14.0 Å². The summed E-state index contributed by atoms with van der Waals surface area (Å²) in [6.07, 6.45) is 0.973. The molecule has 120 valence electrons. The fourth-order valence-corrected chi connectivity index (χ4v) is 2.10. The maximum atomic E-state index is 13.0. The third-order valence-corrected chi connectivity index (χ3v) is 3.35. The summed E-state index contributed by atoms with van der Waals surface area (Å²) in [7, 11) is 0. The van der Waals surface area contributed by atoms with Crippen LogP contribution in [0.1, 0.15) is 18.1 Å². The molecule has 0 radical (unpaired) electrons. The van der Waals surface area contributed by atoms with Crippen molar-refractivity contribution in [2.75, 3.05) is 11.9 Å². The minimum absolute atomic E-state index is 0.0379. The van der Waals surface area contributed by atoms with Gasteiger partial charge in [-0.15, -0.1) is 0 Å². The highest BCUT2D eigenvalue weighted by Gasteiger charge is 2.07. The molecule has 2 rings (SSSR count). The topological polar surface area (TPSA) is 58.2 Å². The molecule has 0 heterocycles. The van der Waals surface area contributed by atoms with Crippen LogP contribution in [0.15, 0.2) is 48.5 Å². The largest absolute Gasteiger partial charge is 0.347 e. The fourth-order valence-electron chi connectivity index (χ4n) is 2.10. The van der Waals surface area contributed by atoms with Gasteiger partial charge in [0.05, 0.1) is 13.0 Å². The molecule has 0 unspecified atom stereocenters. The summed E-state index contributed by atoms with van der Waals surface area (Å²) in [5.74, 6) is -1.02. The molecule has 0 aromatic heterocycles. The van der Waals surface area contributed by atoms with E-state index in [1.54, 1.807) is 12.1 Å². The Morgan fingerprint density at radius 3 is 2.39 bits per heavy atom. The third kappa shape index (κ3) is 5.54. The number of hydrogen-bond donors (Lipinski definition) is 2. The van der Waals surface area contributed by atoms with Crippen LogP contribution in [-0.2, 0) is 22.4 Å². The maximum absolute atomic E-state index is 13.0. The van der Waals surface area contributed by atoms with Crippen LogP contribution < -0.4 is 10.6 Å². The van der Waals surface area contributed by atoms with Gasteiger partial charge in [-0.1, -0.05) is 31.2 Å². The second-order valence-corrected chi connectivity index (χ2v) is 5.18. The molecule has 5 heteroatoms. The Kier molecular flexibility index (Phi) is 5.86. The van der Waals surface area contributed by atoms with Crippen molar-refractivity contribution in [3.8, 4) is 0 Å². The van der Waals surface area contributed by atoms with Crippen molar-refractivity contribution in [2.45, 2.75) is 19.8 Å². The molecule has 0 saturated carbocycles. The number of hydrogen-bond acceptors (Lipinski definition) is 2. The zero-order chi connectivity index (χ0) is 16.7. The smallest absolute Gasteiger partial charge is 0.243 e. The number of carbonyl (C=O) groups excluding carboxylic acids is 2. The van der Waals surface area contributed by atoms with Gasteiger partial charge >= 0.3 is 0 Å². The van der Waals surface area contributed by atoms with Crippen LogP contribution in [-0.4, -0.2) is 18.4 Å². The molecule has 2 aromatic carbocycles. The predicted molar refractivity (Wildman–Crippen MR) is 87.6 cm³/mol. The zero-order valence-corrected chi connectivity index (χ0v) is 12.9. The second-order valence-electron chi connectivity index (χ2n) is 5.18. The van der Waals surface area contributed by atoms with Gasteiger partial charge in [0.25, 0.3) is 0 Å². The number of anilines is 1. The number of benzene rings is 2. The first-order valence-corrected chi connectivity index (χ1v) is 7.46. The van der Waals surface area contributed by atoms with E-state index in [2.05, 4.69) is 17.6 Å². The van der Waals surface area contributed by atoms with E-state index >= 15 is 0 Å². The lowest BCUT2D eigenvalue weighted by Gasteiger charge is -2.08. The summed E-state index contributed by atoms with van der Waals surface area (Å²) in [5, 5.41) is 5.23. The second kappa shape index (κ2) is 8.08. The molecule has 0 aliphatic heterocycles. The van der Waals surface area contributed by atoms with Crippen LogP contribution >= 0.6 is 0 Å². The number of aryl methyl sites for hydroxylation is 1. The molecule has 0 aliphatic carbocycles. The summed E-state index contributed by atoms with van der Waals surface area (Å²) in [5.41, 5.74) is 2.44. The molecule has 0 atom stereocenters. The third-order valence-electron chi connectivity index (χ3n) is 3.35. The Morgan fingerprint density at radius 2 is 1.74 bits per heavy atom. The molecule has 0 bridgehead atoms. The molecule has 2 aromatic rings. The van der Waals surface area contributed by atoms with E-state index in [1.807, 2.05) is 24.3 Å². The van der Waals surface area contributed by atoms with Gasteiger partial charge in [-0.2, -0.15) is 0 Å². The molecule has 0 saturated heterocycles. The highest BCUT2D eigenvalue weighted by Crippen LogP contribution is 2.09. The predicted octanol–water partition coefficient (Wildman–Crippen LogP) is 2.69. The molecule has 0 spiro atoms. The lowest BCUT2D eigenvalue weighted by Crippen LogP contribution is -2.33. The molecule has 0 fully saturated rings. The molecule has 2 amide bonds. The summed E-state index contributed by atoms with van der Waals surface area (Å²) >= 11 is 0. The Morgan fingerprint density at radius 1 is 1.00 bits per heavy atom. The number of nitrogens with one attached hydrogen (secondary N) is 2. The number of amides is 2. The average Bonchev–Trinajstić information content (AvgIpc) is 2.54. The van der Waals surface area contributed by atoms with Crippen LogP contribution in [0.25, 0.3) is 0 Å². The van der Waals surface area contributed by atoms with Gasteiger partial charge in [-0.05, 0) is 41.8 Å². The minimum atomic E-state index is -0.386. The van der Waals surface area contributed by atoms with Crippen LogP contribution in [0.5, 0.6) is 0 Å². The lowest BCUT2D eigenvalue weighted by atomic mass is 10.1. The van der Waals surface area contributed by atoms with E-state index in [-0.39, 0.29) is 30.6 Å². The van der Waals surface area contributed by atoms with Gasteiger partial charge in [0, 0.05) is 5.69 Å². The number of rotatable bonds is 6. The minimum Gasteiger partial charge on any atom is -0.347 e. The first kappa shape index (κ1) is 16.7. The van der Waals surface area contributed by atoms with Crippen molar-refractivity contribution in [3.63, 3.8) is 0 Å². The van der Waals surface area contributed by atoms with E-state index in [1.165, 1.54) is 17.7 Å². The summed E-state index contributed by atoms with van der Waals surface area (Å²) in [6, 6.07) is 13.4. The molecular formula is C18H19FN2O2. The first-order chi connectivity index (χ1) is 11.1. The standard InChI is InChI=1S/C18H19FN2O2/c1-2-13-6-8-16(9-7-13)21-18(23)12-20-17(22)11-14-4-3-5-15(19)10-14/h3-10H,2,11-12H2,1H3,(H,20,22)(H,21,23). The molecule has 2 N–H and O–H groups in total. The van der Waals surface area contributed by atoms with E-state index in [4.69, 9.17) is 0 Å². The van der Waals surface area contributed by atoms with Crippen LogP contribution in [0.3, 0.4) is 0 Å². The van der Waals surface area contributed by atoms with E-state index in [0.29, 0.717) is 11.3 Å². The highest BCUT2D eigenvalue weighted by molar-refractivity contribution is 5.94. The average molecular weight is 314 g/mol. The Balaban J connectivity index is 1.78. The van der Waals surface area contributed by atoms with Gasteiger partial charge in [-0.25, -0.2) is 4.39 Å². The molecule has 4 nitrogen and oxygen atoms in total. The van der Waals surface area contributed by atoms with Crippen LogP contribution in [0.2, 0.25) is 0 Å². The van der Waals surface area contributed by atoms with Crippen molar-refractivity contribution in [2.24, 2.45) is 0 Å². The maximum Gasteiger partial charge on any atom is 0.243 e. The normalized spacial score (nSPS) is 10.2. The van der Waals surface area contributed by atoms with Gasteiger partial charge in [-0.3, -0.25) is 9.59 Å². The van der Waals surface area contributed by atoms with Crippen molar-refractivity contribution < 1.29 is 14.0 Å². The van der Waals surface area contributed by atoms with E-state index in [0.717, 1.165) is 6.42 Å². The van der Waals surface area contributed by atoms with Crippen LogP contribution in [0.4, 0.5) is 10.1 Å². The number of halogens is 1. The van der Waals surface area contributed by atoms with Gasteiger partial charge in [0.15, 0.2) is 0 Å². The first-order valence-electron chi connectivity index (χ1n) is 7.46. The fraction of sp³-hybridized carbons (Fsp3) is 0.222. The Hall–Kier alpha value is -2.69. The Bertz CT molecular complexity index is 684. The highest BCUT2D eigenvalue weighted by atomic mass is 19.1. The number of carbonyl (C=O) groups is 2. The SMILES string of the molecule is CCc1ccc(NC(=O)CNC(=O)Cc2cccc(F)c2)cc1. The van der Waals surface area contributed by atoms with Gasteiger partial charge in [0.2, 0.25) is 11.8 Å². The van der Waals surface area contributed by atoms with Crippen molar-refractivity contribution in [3.05, 3.63) is 65.5 Å². The van der Waals surface area contributed by atoms with Crippen molar-refractivity contribution in [1.82, 2.24) is 5.32 Å². The summed E-state index contributed by atoms with van der Waals surface area (Å²) in [6.45, 7) is 1.94. The van der Waals surface area contributed by atoms with Crippen molar-refractivity contribution >= 4 is 17.5 Å².